The number of carbonyl (C=O) groups is 1. The maximum atomic E-state index is 12.2. The van der Waals surface area contributed by atoms with Crippen molar-refractivity contribution in [3.63, 3.8) is 0 Å². The van der Waals surface area contributed by atoms with Crippen LogP contribution < -0.4 is 0 Å². The van der Waals surface area contributed by atoms with Gasteiger partial charge in [-0.2, -0.15) is 0 Å². The van der Waals surface area contributed by atoms with Crippen molar-refractivity contribution in [2.75, 3.05) is 0 Å². The number of carbonyl (C=O) groups excluding carboxylic acids is 1. The molecule has 4 aromatic rings. The summed E-state index contributed by atoms with van der Waals surface area (Å²) in [5, 5.41) is 0.698. The number of fused-ring (bicyclic) bond motifs is 1. The normalized spacial score (nSPS) is 11.2. The van der Waals surface area contributed by atoms with Crippen LogP contribution in [0.15, 0.2) is 69.4 Å². The van der Waals surface area contributed by atoms with Crippen LogP contribution in [0.25, 0.3) is 11.0 Å². The van der Waals surface area contributed by atoms with Gasteiger partial charge in [-0.25, -0.2) is 4.98 Å². The topological polar surface area (TPSA) is 60.9 Å². The summed E-state index contributed by atoms with van der Waals surface area (Å²) in [6.07, 6.45) is 3.53. The van der Waals surface area contributed by atoms with E-state index in [4.69, 9.17) is 4.42 Å². The van der Waals surface area contributed by atoms with E-state index in [0.29, 0.717) is 10.9 Å². The molecule has 1 aromatic carbocycles. The fourth-order valence-corrected chi connectivity index (χ4v) is 4.97. The highest BCUT2D eigenvalue weighted by molar-refractivity contribution is 7.98. The zero-order valence-corrected chi connectivity index (χ0v) is 17.2. The fourth-order valence-electron chi connectivity index (χ4n) is 2.94. The Morgan fingerprint density at radius 1 is 1.11 bits per heavy atom. The van der Waals surface area contributed by atoms with E-state index >= 15 is 0 Å². The summed E-state index contributed by atoms with van der Waals surface area (Å²) in [7, 11) is 0. The zero-order chi connectivity index (χ0) is 19.5. The van der Waals surface area contributed by atoms with Gasteiger partial charge in [0.05, 0.1) is 28.7 Å². The molecule has 0 aliphatic rings. The van der Waals surface area contributed by atoms with Gasteiger partial charge in [-0.3, -0.25) is 14.3 Å². The van der Waals surface area contributed by atoms with Gasteiger partial charge in [-0.1, -0.05) is 23.9 Å². The molecule has 0 fully saturated rings. The molecule has 3 heterocycles. The van der Waals surface area contributed by atoms with Crippen LogP contribution in [0.4, 0.5) is 0 Å². The Kier molecular flexibility index (Phi) is 5.54. The molecule has 3 aromatic heterocycles. The smallest absolute Gasteiger partial charge is 0.230 e. The maximum absolute atomic E-state index is 12.2. The molecule has 0 saturated carbocycles. The van der Waals surface area contributed by atoms with Gasteiger partial charge in [-0.05, 0) is 42.8 Å². The minimum Gasteiger partial charge on any atom is -0.468 e. The third kappa shape index (κ3) is 3.86. The molecular weight excluding hydrogens is 390 g/mol. The van der Waals surface area contributed by atoms with E-state index < -0.39 is 0 Å². The van der Waals surface area contributed by atoms with Gasteiger partial charge >= 0.3 is 0 Å². The molecule has 0 unspecified atom stereocenters. The van der Waals surface area contributed by atoms with Crippen LogP contribution in [-0.4, -0.2) is 20.4 Å². The lowest BCUT2D eigenvalue weighted by Gasteiger charge is -2.10. The van der Waals surface area contributed by atoms with Crippen molar-refractivity contribution in [2.24, 2.45) is 0 Å². The van der Waals surface area contributed by atoms with Crippen LogP contribution in [0.5, 0.6) is 0 Å². The predicted molar refractivity (Wildman–Crippen MR) is 113 cm³/mol. The summed E-state index contributed by atoms with van der Waals surface area (Å²) in [6, 6.07) is 13.6. The average Bonchev–Trinajstić information content (AvgIpc) is 3.33. The second kappa shape index (κ2) is 8.24. The molecular formula is C21H19N3O2S2. The van der Waals surface area contributed by atoms with E-state index in [2.05, 4.69) is 16.9 Å². The lowest BCUT2D eigenvalue weighted by atomic mass is 10.2. The number of imidazole rings is 1. The van der Waals surface area contributed by atoms with Crippen LogP contribution in [0, 0.1) is 6.92 Å². The number of rotatable bonds is 6. The number of benzene rings is 1. The molecule has 0 aliphatic heterocycles. The first-order chi connectivity index (χ1) is 13.6. The van der Waals surface area contributed by atoms with Gasteiger partial charge in [-0.15, -0.1) is 11.8 Å². The van der Waals surface area contributed by atoms with Crippen LogP contribution >= 0.6 is 23.5 Å². The van der Waals surface area contributed by atoms with Gasteiger partial charge in [0.15, 0.2) is 5.16 Å². The van der Waals surface area contributed by atoms with Gasteiger partial charge in [0.1, 0.15) is 5.76 Å². The van der Waals surface area contributed by atoms with Crippen molar-refractivity contribution in [3.8, 4) is 0 Å². The van der Waals surface area contributed by atoms with E-state index in [1.54, 1.807) is 29.5 Å². The summed E-state index contributed by atoms with van der Waals surface area (Å²) < 4.78 is 7.08. The molecule has 0 atom stereocenters. The monoisotopic (exact) mass is 409 g/mol. The third-order valence-electron chi connectivity index (χ3n) is 4.39. The van der Waals surface area contributed by atoms with E-state index in [0.717, 1.165) is 33.8 Å². The first kappa shape index (κ1) is 18.8. The Balaban J connectivity index is 1.54. The Bertz CT molecular complexity index is 1120. The number of para-hydroxylation sites is 2. The van der Waals surface area contributed by atoms with Gasteiger partial charge in [0.25, 0.3) is 0 Å². The summed E-state index contributed by atoms with van der Waals surface area (Å²) in [6.45, 7) is 3.65. The van der Waals surface area contributed by atoms with Crippen LogP contribution in [-0.2, 0) is 11.5 Å². The quantitative estimate of drug-likeness (QED) is 0.388. The average molecular weight is 410 g/mol. The number of thioether (sulfide) groups is 2. The predicted octanol–water partition coefficient (Wildman–Crippen LogP) is 5.58. The zero-order valence-electron chi connectivity index (χ0n) is 15.6. The standard InChI is InChI=1S/C21H19N3O2S2/c1-14-18(22-10-9-20(14)27-12-16-6-5-11-26-16)13-28-21-23-17-7-3-4-8-19(17)24(21)15(2)25/h3-11H,12-13H2,1-2H3. The Morgan fingerprint density at radius 2 is 1.96 bits per heavy atom. The summed E-state index contributed by atoms with van der Waals surface area (Å²) in [4.78, 5) is 22.5. The molecule has 0 amide bonds. The molecule has 0 bridgehead atoms. The Labute approximate surface area is 171 Å². The van der Waals surface area contributed by atoms with Gasteiger partial charge in [0, 0.05) is 23.8 Å². The number of nitrogens with zero attached hydrogens (tertiary/aromatic N) is 3. The molecule has 142 valence electrons. The minimum absolute atomic E-state index is 0.0383. The van der Waals surface area contributed by atoms with E-state index in [1.165, 1.54) is 16.7 Å². The lowest BCUT2D eigenvalue weighted by molar-refractivity contribution is 0.0931. The summed E-state index contributed by atoms with van der Waals surface area (Å²) in [5.74, 6) is 2.35. The highest BCUT2D eigenvalue weighted by Gasteiger charge is 2.15. The molecule has 5 nitrogen and oxygen atoms in total. The van der Waals surface area contributed by atoms with Crippen molar-refractivity contribution >= 4 is 40.5 Å². The van der Waals surface area contributed by atoms with E-state index in [1.807, 2.05) is 48.7 Å². The molecule has 4 rings (SSSR count). The number of hydrogen-bond acceptors (Lipinski definition) is 6. The van der Waals surface area contributed by atoms with Gasteiger partial charge < -0.3 is 4.42 Å². The van der Waals surface area contributed by atoms with E-state index in [9.17, 15) is 4.79 Å². The molecule has 0 aliphatic carbocycles. The second-order valence-electron chi connectivity index (χ2n) is 6.28. The van der Waals surface area contributed by atoms with E-state index in [-0.39, 0.29) is 5.91 Å². The SMILES string of the molecule is CC(=O)n1c(SCc2nccc(SCc3ccco3)c2C)nc2ccccc21. The molecule has 7 heteroatoms. The Hall–Kier alpha value is -2.51. The highest BCUT2D eigenvalue weighted by Crippen LogP contribution is 2.31. The van der Waals surface area contributed by atoms with Crippen molar-refractivity contribution in [1.82, 2.24) is 14.5 Å². The van der Waals surface area contributed by atoms with Crippen LogP contribution in [0.2, 0.25) is 0 Å². The summed E-state index contributed by atoms with van der Waals surface area (Å²) in [5.41, 5.74) is 3.81. The van der Waals surface area contributed by atoms with Crippen molar-refractivity contribution in [3.05, 3.63) is 71.9 Å². The third-order valence-corrected chi connectivity index (χ3v) is 6.52. The van der Waals surface area contributed by atoms with Gasteiger partial charge in [0.2, 0.25) is 5.91 Å². The summed E-state index contributed by atoms with van der Waals surface area (Å²) >= 11 is 3.27. The lowest BCUT2D eigenvalue weighted by Crippen LogP contribution is -2.07. The molecule has 0 spiro atoms. The van der Waals surface area contributed by atoms with Crippen molar-refractivity contribution in [2.45, 2.75) is 35.4 Å². The highest BCUT2D eigenvalue weighted by atomic mass is 32.2. The minimum atomic E-state index is -0.0383. The first-order valence-electron chi connectivity index (χ1n) is 8.84. The van der Waals surface area contributed by atoms with Crippen molar-refractivity contribution in [1.29, 1.82) is 0 Å². The van der Waals surface area contributed by atoms with Crippen LogP contribution in [0.1, 0.15) is 28.7 Å². The fraction of sp³-hybridized carbons (Fsp3) is 0.190. The number of hydrogen-bond donors (Lipinski definition) is 0. The Morgan fingerprint density at radius 3 is 2.75 bits per heavy atom. The largest absolute Gasteiger partial charge is 0.468 e. The first-order valence-corrected chi connectivity index (χ1v) is 10.8. The van der Waals surface area contributed by atoms with Crippen molar-refractivity contribution < 1.29 is 9.21 Å². The second-order valence-corrected chi connectivity index (χ2v) is 8.23. The maximum Gasteiger partial charge on any atom is 0.230 e. The molecule has 0 N–H and O–H groups in total. The number of pyridine rings is 1. The number of aromatic nitrogens is 3. The molecule has 0 radical (unpaired) electrons. The molecule has 0 saturated heterocycles. The number of furan rings is 1. The molecule has 28 heavy (non-hydrogen) atoms. The van der Waals surface area contributed by atoms with Crippen LogP contribution in [0.3, 0.4) is 0 Å².